The summed E-state index contributed by atoms with van der Waals surface area (Å²) in [5.41, 5.74) is 1.11. The van der Waals surface area contributed by atoms with Crippen LogP contribution < -0.4 is 5.32 Å². The zero-order valence-corrected chi connectivity index (χ0v) is 13.9. The smallest absolute Gasteiger partial charge is 0.251 e. The Labute approximate surface area is 139 Å². The van der Waals surface area contributed by atoms with E-state index >= 15 is 0 Å². The normalized spacial score (nSPS) is 11.3. The van der Waals surface area contributed by atoms with Gasteiger partial charge in [-0.1, -0.05) is 23.7 Å². The number of nitrogens with one attached hydrogen (secondary N) is 1. The van der Waals surface area contributed by atoms with E-state index in [4.69, 9.17) is 11.6 Å². The first-order valence-electron chi connectivity index (χ1n) is 6.79. The number of rotatable bonds is 5. The second-order valence-electron chi connectivity index (χ2n) is 5.05. The van der Waals surface area contributed by atoms with Crippen molar-refractivity contribution in [2.24, 2.45) is 0 Å². The Bertz CT molecular complexity index is 820. The zero-order chi connectivity index (χ0) is 17.0. The van der Waals surface area contributed by atoms with E-state index in [1.165, 1.54) is 30.3 Å². The summed E-state index contributed by atoms with van der Waals surface area (Å²) in [4.78, 5) is 12.0. The van der Waals surface area contributed by atoms with Gasteiger partial charge in [-0.25, -0.2) is 12.8 Å². The van der Waals surface area contributed by atoms with Crippen LogP contribution in [0.4, 0.5) is 4.39 Å². The fourth-order valence-corrected chi connectivity index (χ4v) is 3.30. The molecule has 0 fully saturated rings. The van der Waals surface area contributed by atoms with E-state index in [9.17, 15) is 17.6 Å². The van der Waals surface area contributed by atoms with Crippen LogP contribution in [0, 0.1) is 5.82 Å². The number of halogens is 2. The molecule has 0 radical (unpaired) electrons. The van der Waals surface area contributed by atoms with Gasteiger partial charge in [-0.3, -0.25) is 4.79 Å². The summed E-state index contributed by atoms with van der Waals surface area (Å²) in [6, 6.07) is 10.1. The van der Waals surface area contributed by atoms with E-state index in [1.54, 1.807) is 12.1 Å². The van der Waals surface area contributed by atoms with Crippen LogP contribution in [0.2, 0.25) is 5.02 Å². The van der Waals surface area contributed by atoms with Crippen molar-refractivity contribution >= 4 is 27.3 Å². The highest BCUT2D eigenvalue weighted by molar-refractivity contribution is 7.90. The molecule has 0 atom stereocenters. The van der Waals surface area contributed by atoms with Crippen LogP contribution in [0.1, 0.15) is 15.9 Å². The van der Waals surface area contributed by atoms with E-state index < -0.39 is 15.7 Å². The van der Waals surface area contributed by atoms with Gasteiger partial charge in [0.15, 0.2) is 9.84 Å². The van der Waals surface area contributed by atoms with Crippen LogP contribution >= 0.6 is 11.6 Å². The molecule has 0 spiro atoms. The summed E-state index contributed by atoms with van der Waals surface area (Å²) in [7, 11) is -3.50. The van der Waals surface area contributed by atoms with Crippen LogP contribution in [0.25, 0.3) is 0 Å². The molecule has 1 amide bonds. The molecule has 7 heteroatoms. The SMILES string of the molecule is CS(=O)(=O)c1cc(C(=O)NCCc2ccc(F)cc2)ccc1Cl. The van der Waals surface area contributed by atoms with E-state index in [-0.39, 0.29) is 21.3 Å². The van der Waals surface area contributed by atoms with E-state index in [0.29, 0.717) is 13.0 Å². The number of benzene rings is 2. The largest absolute Gasteiger partial charge is 0.352 e. The van der Waals surface area contributed by atoms with Gasteiger partial charge in [0, 0.05) is 18.4 Å². The van der Waals surface area contributed by atoms with Crippen molar-refractivity contribution in [1.82, 2.24) is 5.32 Å². The lowest BCUT2D eigenvalue weighted by Crippen LogP contribution is -2.25. The first-order valence-corrected chi connectivity index (χ1v) is 9.06. The number of amides is 1. The molecule has 0 aliphatic heterocycles. The Morgan fingerprint density at radius 1 is 1.17 bits per heavy atom. The number of hydrogen-bond donors (Lipinski definition) is 1. The molecule has 0 saturated heterocycles. The van der Waals surface area contributed by atoms with Crippen LogP contribution in [0.15, 0.2) is 47.4 Å². The van der Waals surface area contributed by atoms with Crippen LogP contribution in [0.5, 0.6) is 0 Å². The van der Waals surface area contributed by atoms with Crippen LogP contribution in [-0.4, -0.2) is 27.1 Å². The molecule has 0 aromatic heterocycles. The Hall–Kier alpha value is -1.92. The second-order valence-corrected chi connectivity index (χ2v) is 7.44. The minimum atomic E-state index is -3.50. The summed E-state index contributed by atoms with van der Waals surface area (Å²) >= 11 is 5.84. The average molecular weight is 356 g/mol. The fourth-order valence-electron chi connectivity index (χ4n) is 2.00. The summed E-state index contributed by atoms with van der Waals surface area (Å²) < 4.78 is 36.0. The molecule has 0 aliphatic rings. The van der Waals surface area contributed by atoms with E-state index in [1.807, 2.05) is 0 Å². The summed E-state index contributed by atoms with van der Waals surface area (Å²) in [6.45, 7) is 0.349. The number of carbonyl (C=O) groups excluding carboxylic acids is 1. The van der Waals surface area contributed by atoms with Crippen molar-refractivity contribution in [3.05, 3.63) is 64.4 Å². The maximum Gasteiger partial charge on any atom is 0.251 e. The molecule has 23 heavy (non-hydrogen) atoms. The van der Waals surface area contributed by atoms with Crippen molar-refractivity contribution in [3.63, 3.8) is 0 Å². The fraction of sp³-hybridized carbons (Fsp3) is 0.188. The van der Waals surface area contributed by atoms with Crippen molar-refractivity contribution in [1.29, 1.82) is 0 Å². The summed E-state index contributed by atoms with van der Waals surface area (Å²) in [5.74, 6) is -0.707. The predicted molar refractivity (Wildman–Crippen MR) is 87.0 cm³/mol. The van der Waals surface area contributed by atoms with Gasteiger partial charge in [0.05, 0.1) is 9.92 Å². The Morgan fingerprint density at radius 2 is 1.83 bits per heavy atom. The minimum absolute atomic E-state index is 0.0784. The highest BCUT2D eigenvalue weighted by Crippen LogP contribution is 2.22. The second kappa shape index (κ2) is 7.10. The first-order chi connectivity index (χ1) is 10.8. The van der Waals surface area contributed by atoms with Gasteiger partial charge in [-0.15, -0.1) is 0 Å². The lowest BCUT2D eigenvalue weighted by molar-refractivity contribution is 0.0954. The third kappa shape index (κ3) is 4.77. The lowest BCUT2D eigenvalue weighted by atomic mass is 10.1. The molecular formula is C16H15ClFNO3S. The Morgan fingerprint density at radius 3 is 2.43 bits per heavy atom. The van der Waals surface area contributed by atoms with Gasteiger partial charge in [-0.05, 0) is 42.3 Å². The standard InChI is InChI=1S/C16H15ClFNO3S/c1-23(21,22)15-10-12(4-7-14(15)17)16(20)19-9-8-11-2-5-13(18)6-3-11/h2-7,10H,8-9H2,1H3,(H,19,20). The zero-order valence-electron chi connectivity index (χ0n) is 12.3. The molecule has 2 aromatic carbocycles. The molecular weight excluding hydrogens is 341 g/mol. The highest BCUT2D eigenvalue weighted by atomic mass is 35.5. The minimum Gasteiger partial charge on any atom is -0.352 e. The third-order valence-corrected chi connectivity index (χ3v) is 4.78. The molecule has 0 saturated carbocycles. The van der Waals surface area contributed by atoms with Gasteiger partial charge in [0.25, 0.3) is 5.91 Å². The summed E-state index contributed by atoms with van der Waals surface area (Å²) in [6.07, 6.45) is 1.57. The molecule has 4 nitrogen and oxygen atoms in total. The molecule has 0 bridgehead atoms. The van der Waals surface area contributed by atoms with Crippen molar-refractivity contribution in [3.8, 4) is 0 Å². The molecule has 0 heterocycles. The number of sulfone groups is 1. The topological polar surface area (TPSA) is 63.2 Å². The van der Waals surface area contributed by atoms with Gasteiger partial charge in [0.1, 0.15) is 5.82 Å². The predicted octanol–water partition coefficient (Wildman–Crippen LogP) is 2.86. The molecule has 122 valence electrons. The molecule has 0 unspecified atom stereocenters. The molecule has 2 aromatic rings. The molecule has 2 rings (SSSR count). The van der Waals surface area contributed by atoms with Crippen LogP contribution in [0.3, 0.4) is 0 Å². The Kier molecular flexibility index (Phi) is 5.38. The molecule has 0 aliphatic carbocycles. The molecule has 1 N–H and O–H groups in total. The number of hydrogen-bond acceptors (Lipinski definition) is 3. The Balaban J connectivity index is 2.02. The first kappa shape index (κ1) is 17.4. The van der Waals surface area contributed by atoms with Gasteiger partial charge >= 0.3 is 0 Å². The van der Waals surface area contributed by atoms with E-state index in [0.717, 1.165) is 11.8 Å². The maximum atomic E-state index is 12.8. The average Bonchev–Trinajstić information content (AvgIpc) is 2.48. The van der Waals surface area contributed by atoms with E-state index in [2.05, 4.69) is 5.32 Å². The van der Waals surface area contributed by atoms with Gasteiger partial charge in [0.2, 0.25) is 0 Å². The van der Waals surface area contributed by atoms with Gasteiger partial charge < -0.3 is 5.32 Å². The lowest BCUT2D eigenvalue weighted by Gasteiger charge is -2.08. The summed E-state index contributed by atoms with van der Waals surface area (Å²) in [5, 5.41) is 2.77. The highest BCUT2D eigenvalue weighted by Gasteiger charge is 2.15. The monoisotopic (exact) mass is 355 g/mol. The third-order valence-electron chi connectivity index (χ3n) is 3.21. The van der Waals surface area contributed by atoms with Crippen LogP contribution in [-0.2, 0) is 16.3 Å². The van der Waals surface area contributed by atoms with Crippen molar-refractivity contribution < 1.29 is 17.6 Å². The van der Waals surface area contributed by atoms with Crippen molar-refractivity contribution in [2.45, 2.75) is 11.3 Å². The van der Waals surface area contributed by atoms with Gasteiger partial charge in [-0.2, -0.15) is 0 Å². The number of carbonyl (C=O) groups is 1. The van der Waals surface area contributed by atoms with Crippen molar-refractivity contribution in [2.75, 3.05) is 12.8 Å². The quantitative estimate of drug-likeness (QED) is 0.897. The maximum absolute atomic E-state index is 12.8.